The van der Waals surface area contributed by atoms with Crippen molar-refractivity contribution in [3.63, 3.8) is 0 Å². The lowest BCUT2D eigenvalue weighted by molar-refractivity contribution is 0.0963. The summed E-state index contributed by atoms with van der Waals surface area (Å²) in [7, 11) is 4.53. The minimum atomic E-state index is -0.771. The lowest BCUT2D eigenvalue weighted by atomic mass is 10.1. The van der Waals surface area contributed by atoms with Gasteiger partial charge in [0.1, 0.15) is 34.6 Å². The number of pyridine rings is 2. The highest BCUT2D eigenvalue weighted by Crippen LogP contribution is 2.26. The van der Waals surface area contributed by atoms with E-state index in [0.29, 0.717) is 17.5 Å². The van der Waals surface area contributed by atoms with Gasteiger partial charge in [-0.05, 0) is 24.3 Å². The average Bonchev–Trinajstić information content (AvgIpc) is 2.78. The second-order valence-electron chi connectivity index (χ2n) is 6.25. The van der Waals surface area contributed by atoms with Gasteiger partial charge in [-0.15, -0.1) is 0 Å². The number of benzene rings is 1. The number of nitrogens with one attached hydrogen (secondary N) is 4. The minimum absolute atomic E-state index is 0.0690. The number of halogens is 1. The van der Waals surface area contributed by atoms with Gasteiger partial charge in [0.2, 0.25) is 0 Å². The smallest absolute Gasteiger partial charge is 0.262 e. The maximum Gasteiger partial charge on any atom is 0.262 e. The van der Waals surface area contributed by atoms with E-state index >= 15 is 0 Å². The first-order chi connectivity index (χ1) is 15.0. The third-order valence-electron chi connectivity index (χ3n) is 4.31. The molecule has 9 nitrogen and oxygen atoms in total. The summed E-state index contributed by atoms with van der Waals surface area (Å²) in [4.78, 5) is 33.6. The number of aromatic nitrogens is 2. The van der Waals surface area contributed by atoms with E-state index in [2.05, 4.69) is 31.2 Å². The summed E-state index contributed by atoms with van der Waals surface area (Å²) in [5.74, 6) is -0.451. The van der Waals surface area contributed by atoms with Crippen molar-refractivity contribution in [3.8, 4) is 5.75 Å². The summed E-state index contributed by atoms with van der Waals surface area (Å²) >= 11 is 0. The first kappa shape index (κ1) is 21.5. The van der Waals surface area contributed by atoms with Crippen LogP contribution in [0.15, 0.2) is 48.7 Å². The Kier molecular flexibility index (Phi) is 6.61. The van der Waals surface area contributed by atoms with Gasteiger partial charge in [-0.3, -0.25) is 9.59 Å². The summed E-state index contributed by atoms with van der Waals surface area (Å²) in [6, 6.07) is 10.8. The molecule has 0 bridgehead atoms. The molecule has 31 heavy (non-hydrogen) atoms. The minimum Gasteiger partial charge on any atom is -0.496 e. The van der Waals surface area contributed by atoms with E-state index in [1.807, 2.05) is 0 Å². The second-order valence-corrected chi connectivity index (χ2v) is 6.25. The summed E-state index contributed by atoms with van der Waals surface area (Å²) in [5.41, 5.74) is -0.0341. The molecule has 0 radical (unpaired) electrons. The Hall–Kier alpha value is -4.21. The topological polar surface area (TPSA) is 117 Å². The van der Waals surface area contributed by atoms with Crippen LogP contribution in [0.25, 0.3) is 0 Å². The Morgan fingerprint density at radius 1 is 1.00 bits per heavy atom. The van der Waals surface area contributed by atoms with Gasteiger partial charge in [-0.2, -0.15) is 0 Å². The maximum atomic E-state index is 14.3. The molecule has 2 heterocycles. The normalized spacial score (nSPS) is 10.2. The third-order valence-corrected chi connectivity index (χ3v) is 4.31. The van der Waals surface area contributed by atoms with Gasteiger partial charge in [0.05, 0.1) is 18.4 Å². The summed E-state index contributed by atoms with van der Waals surface area (Å²) in [5, 5.41) is 11.0. The standard InChI is InChI=1S/C21H21FN6O3/c1-23-16-8-5-9-17(27-16)28-18-10-14(12(11-25-18)20(29)24-2)26-21(30)19-13(22)6-4-7-15(19)31-3/h4-11H,1-3H3,(H,24,29)(H3,23,25,26,27,28,30). The number of carbonyl (C=O) groups is 2. The molecular formula is C21H21FN6O3. The zero-order valence-electron chi connectivity index (χ0n) is 17.1. The number of rotatable bonds is 7. The molecule has 0 unspecified atom stereocenters. The van der Waals surface area contributed by atoms with Crippen LogP contribution in [-0.4, -0.2) is 43.0 Å². The van der Waals surface area contributed by atoms with Crippen LogP contribution in [0.1, 0.15) is 20.7 Å². The molecule has 10 heteroatoms. The van der Waals surface area contributed by atoms with Crippen LogP contribution >= 0.6 is 0 Å². The number of hydrogen-bond donors (Lipinski definition) is 4. The number of hydrogen-bond acceptors (Lipinski definition) is 7. The molecule has 0 aliphatic carbocycles. The number of methoxy groups -OCH3 is 1. The van der Waals surface area contributed by atoms with Crippen molar-refractivity contribution in [1.82, 2.24) is 15.3 Å². The highest BCUT2D eigenvalue weighted by molar-refractivity contribution is 6.10. The van der Waals surface area contributed by atoms with Crippen molar-refractivity contribution in [1.29, 1.82) is 0 Å². The van der Waals surface area contributed by atoms with Crippen molar-refractivity contribution in [2.75, 3.05) is 37.2 Å². The van der Waals surface area contributed by atoms with Gasteiger partial charge in [0.25, 0.3) is 11.8 Å². The molecule has 2 amide bonds. The second kappa shape index (κ2) is 9.53. The number of anilines is 4. The predicted octanol–water partition coefficient (Wildman–Crippen LogP) is 3.02. The van der Waals surface area contributed by atoms with E-state index in [4.69, 9.17) is 4.74 Å². The summed E-state index contributed by atoms with van der Waals surface area (Å²) in [6.45, 7) is 0. The molecule has 2 aromatic heterocycles. The van der Waals surface area contributed by atoms with Crippen molar-refractivity contribution in [2.45, 2.75) is 0 Å². The van der Waals surface area contributed by atoms with Crippen molar-refractivity contribution >= 4 is 35.0 Å². The zero-order chi connectivity index (χ0) is 22.4. The van der Waals surface area contributed by atoms with Crippen LogP contribution in [0, 0.1) is 5.82 Å². The molecule has 0 saturated carbocycles. The fraction of sp³-hybridized carbons (Fsp3) is 0.143. The first-order valence-electron chi connectivity index (χ1n) is 9.24. The third kappa shape index (κ3) is 4.86. The number of ether oxygens (including phenoxy) is 1. The number of amides is 2. The van der Waals surface area contributed by atoms with Crippen molar-refractivity contribution in [2.24, 2.45) is 0 Å². The molecule has 0 fully saturated rings. The number of nitrogens with zero attached hydrogens (tertiary/aromatic N) is 2. The van der Waals surface area contributed by atoms with E-state index in [9.17, 15) is 14.0 Å². The quantitative estimate of drug-likeness (QED) is 0.461. The van der Waals surface area contributed by atoms with Crippen molar-refractivity contribution < 1.29 is 18.7 Å². The van der Waals surface area contributed by atoms with E-state index in [1.165, 1.54) is 38.6 Å². The highest BCUT2D eigenvalue weighted by atomic mass is 19.1. The molecule has 3 aromatic rings. The monoisotopic (exact) mass is 424 g/mol. The van der Waals surface area contributed by atoms with E-state index in [0.717, 1.165) is 6.07 Å². The van der Waals surface area contributed by atoms with E-state index in [-0.39, 0.29) is 22.6 Å². The van der Waals surface area contributed by atoms with Gasteiger partial charge in [0.15, 0.2) is 0 Å². The Labute approximate surface area is 178 Å². The van der Waals surface area contributed by atoms with Gasteiger partial charge in [-0.25, -0.2) is 14.4 Å². The molecule has 0 aliphatic heterocycles. The van der Waals surface area contributed by atoms with Crippen LogP contribution in [0.5, 0.6) is 5.75 Å². The van der Waals surface area contributed by atoms with Gasteiger partial charge in [0, 0.05) is 26.4 Å². The SMILES string of the molecule is CNC(=O)c1cnc(Nc2cccc(NC)n2)cc1NC(=O)c1c(F)cccc1OC. The van der Waals surface area contributed by atoms with Gasteiger partial charge < -0.3 is 26.0 Å². The Bertz CT molecular complexity index is 1120. The lowest BCUT2D eigenvalue weighted by Gasteiger charge is -2.14. The molecule has 0 spiro atoms. The first-order valence-corrected chi connectivity index (χ1v) is 9.24. The molecule has 160 valence electrons. The summed E-state index contributed by atoms with van der Waals surface area (Å²) < 4.78 is 19.4. The van der Waals surface area contributed by atoms with Crippen LogP contribution < -0.4 is 26.0 Å². The fourth-order valence-electron chi connectivity index (χ4n) is 2.80. The zero-order valence-corrected chi connectivity index (χ0v) is 17.1. The van der Waals surface area contributed by atoms with Crippen LogP contribution in [0.3, 0.4) is 0 Å². The largest absolute Gasteiger partial charge is 0.496 e. The molecule has 0 saturated heterocycles. The average molecular weight is 424 g/mol. The lowest BCUT2D eigenvalue weighted by Crippen LogP contribution is -2.22. The van der Waals surface area contributed by atoms with Gasteiger partial charge >= 0.3 is 0 Å². The van der Waals surface area contributed by atoms with Crippen LogP contribution in [0.4, 0.5) is 27.5 Å². The van der Waals surface area contributed by atoms with Crippen LogP contribution in [-0.2, 0) is 0 Å². The summed E-state index contributed by atoms with van der Waals surface area (Å²) in [6.07, 6.45) is 1.30. The predicted molar refractivity (Wildman–Crippen MR) is 116 cm³/mol. The van der Waals surface area contributed by atoms with Crippen molar-refractivity contribution in [3.05, 3.63) is 65.6 Å². The van der Waals surface area contributed by atoms with Gasteiger partial charge in [-0.1, -0.05) is 12.1 Å². The Balaban J connectivity index is 1.96. The molecular weight excluding hydrogens is 403 g/mol. The molecule has 4 N–H and O–H groups in total. The molecule has 3 rings (SSSR count). The Morgan fingerprint density at radius 2 is 1.74 bits per heavy atom. The molecule has 1 aromatic carbocycles. The maximum absolute atomic E-state index is 14.3. The fourth-order valence-corrected chi connectivity index (χ4v) is 2.80. The van der Waals surface area contributed by atoms with E-state index in [1.54, 1.807) is 25.2 Å². The highest BCUT2D eigenvalue weighted by Gasteiger charge is 2.21. The van der Waals surface area contributed by atoms with Crippen LogP contribution in [0.2, 0.25) is 0 Å². The molecule has 0 aliphatic rings. The molecule has 0 atom stereocenters. The Morgan fingerprint density at radius 3 is 2.45 bits per heavy atom. The number of carbonyl (C=O) groups excluding carboxylic acids is 2. The van der Waals surface area contributed by atoms with E-state index < -0.39 is 17.6 Å².